The zero-order valence-corrected chi connectivity index (χ0v) is 10.0. The number of halogens is 2. The third kappa shape index (κ3) is 3.30. The van der Waals surface area contributed by atoms with Crippen molar-refractivity contribution in [1.29, 1.82) is 0 Å². The van der Waals surface area contributed by atoms with Crippen molar-refractivity contribution in [2.45, 2.75) is 13.0 Å². The minimum absolute atomic E-state index is 0.125. The Morgan fingerprint density at radius 1 is 1.44 bits per heavy atom. The molecule has 0 aliphatic carbocycles. The average Bonchev–Trinajstić information content (AvgIpc) is 2.15. The molecule has 0 aliphatic heterocycles. The number of primary amides is 1. The standard InChI is InChI=1S/C10H10BrFN2O2/c1-5(9(13)15)14-10(16)6-2-7(11)4-8(12)3-6/h2-5H,1H3,(H2,13,15)(H,14,16)/t5-/m0/s1. The first-order valence-corrected chi connectivity index (χ1v) is 5.25. The van der Waals surface area contributed by atoms with Crippen molar-refractivity contribution in [3.8, 4) is 0 Å². The van der Waals surface area contributed by atoms with E-state index in [1.807, 2.05) is 0 Å². The van der Waals surface area contributed by atoms with Crippen molar-refractivity contribution in [2.24, 2.45) is 5.73 Å². The van der Waals surface area contributed by atoms with Gasteiger partial charge in [-0.05, 0) is 25.1 Å². The molecule has 0 saturated heterocycles. The minimum Gasteiger partial charge on any atom is -0.368 e. The predicted octanol–water partition coefficient (Wildman–Crippen LogP) is 1.19. The number of carbonyl (C=O) groups is 2. The van der Waals surface area contributed by atoms with Gasteiger partial charge in [-0.15, -0.1) is 0 Å². The van der Waals surface area contributed by atoms with Gasteiger partial charge in [0, 0.05) is 10.0 Å². The van der Waals surface area contributed by atoms with Crippen LogP contribution in [0.3, 0.4) is 0 Å². The number of nitrogens with two attached hydrogens (primary N) is 1. The number of amides is 2. The molecule has 6 heteroatoms. The fourth-order valence-electron chi connectivity index (χ4n) is 1.04. The van der Waals surface area contributed by atoms with Gasteiger partial charge < -0.3 is 11.1 Å². The SMILES string of the molecule is C[C@H](NC(=O)c1cc(F)cc(Br)c1)C(N)=O. The number of benzene rings is 1. The summed E-state index contributed by atoms with van der Waals surface area (Å²) < 4.78 is 13.4. The summed E-state index contributed by atoms with van der Waals surface area (Å²) in [6.07, 6.45) is 0. The fourth-order valence-corrected chi connectivity index (χ4v) is 1.50. The van der Waals surface area contributed by atoms with E-state index in [1.165, 1.54) is 19.1 Å². The maximum absolute atomic E-state index is 13.0. The van der Waals surface area contributed by atoms with Crippen molar-refractivity contribution in [3.63, 3.8) is 0 Å². The average molecular weight is 289 g/mol. The second-order valence-corrected chi connectivity index (χ2v) is 4.17. The molecule has 3 N–H and O–H groups in total. The maximum Gasteiger partial charge on any atom is 0.252 e. The second kappa shape index (κ2) is 5.07. The highest BCUT2D eigenvalue weighted by Gasteiger charge is 2.14. The summed E-state index contributed by atoms with van der Waals surface area (Å²) in [6, 6.07) is 2.96. The zero-order valence-electron chi connectivity index (χ0n) is 8.46. The summed E-state index contributed by atoms with van der Waals surface area (Å²) in [5, 5.41) is 2.35. The predicted molar refractivity (Wildman–Crippen MR) is 60.2 cm³/mol. The van der Waals surface area contributed by atoms with Gasteiger partial charge in [0.25, 0.3) is 5.91 Å². The monoisotopic (exact) mass is 288 g/mol. The van der Waals surface area contributed by atoms with Crippen LogP contribution < -0.4 is 11.1 Å². The molecule has 0 spiro atoms. The first-order chi connectivity index (χ1) is 7.40. The highest BCUT2D eigenvalue weighted by atomic mass is 79.9. The molecule has 4 nitrogen and oxygen atoms in total. The lowest BCUT2D eigenvalue weighted by Gasteiger charge is -2.10. The van der Waals surface area contributed by atoms with Gasteiger partial charge in [0.1, 0.15) is 11.9 Å². The van der Waals surface area contributed by atoms with Crippen LogP contribution >= 0.6 is 15.9 Å². The van der Waals surface area contributed by atoms with E-state index < -0.39 is 23.7 Å². The molecule has 86 valence electrons. The van der Waals surface area contributed by atoms with Gasteiger partial charge in [0.15, 0.2) is 0 Å². The van der Waals surface area contributed by atoms with Gasteiger partial charge in [-0.2, -0.15) is 0 Å². The molecule has 1 aromatic rings. The lowest BCUT2D eigenvalue weighted by atomic mass is 10.2. The number of carbonyl (C=O) groups excluding carboxylic acids is 2. The van der Waals surface area contributed by atoms with Crippen LogP contribution in [0.4, 0.5) is 4.39 Å². The summed E-state index contributed by atoms with van der Waals surface area (Å²) in [5.74, 6) is -1.73. The van der Waals surface area contributed by atoms with Crippen LogP contribution in [-0.2, 0) is 4.79 Å². The molecule has 1 aromatic carbocycles. The van der Waals surface area contributed by atoms with Crippen molar-refractivity contribution >= 4 is 27.7 Å². The van der Waals surface area contributed by atoms with E-state index in [4.69, 9.17) is 5.73 Å². The van der Waals surface area contributed by atoms with Crippen LogP contribution in [0.5, 0.6) is 0 Å². The molecule has 2 amide bonds. The van der Waals surface area contributed by atoms with Gasteiger partial charge in [-0.25, -0.2) is 4.39 Å². The normalized spacial score (nSPS) is 11.9. The molecule has 16 heavy (non-hydrogen) atoms. The van der Waals surface area contributed by atoms with E-state index in [9.17, 15) is 14.0 Å². The summed E-state index contributed by atoms with van der Waals surface area (Å²) in [4.78, 5) is 22.3. The Morgan fingerprint density at radius 3 is 2.56 bits per heavy atom. The topological polar surface area (TPSA) is 72.2 Å². The number of hydrogen-bond donors (Lipinski definition) is 2. The van der Waals surface area contributed by atoms with Gasteiger partial charge in [-0.3, -0.25) is 9.59 Å². The van der Waals surface area contributed by atoms with Crippen molar-refractivity contribution in [3.05, 3.63) is 34.1 Å². The molecular formula is C10H10BrFN2O2. The Kier molecular flexibility index (Phi) is 4.00. The Morgan fingerprint density at radius 2 is 2.06 bits per heavy atom. The summed E-state index contributed by atoms with van der Waals surface area (Å²) in [6.45, 7) is 1.45. The Bertz CT molecular complexity index is 417. The molecule has 0 aliphatic rings. The molecule has 0 aromatic heterocycles. The van der Waals surface area contributed by atoms with Crippen LogP contribution in [0.15, 0.2) is 22.7 Å². The molecule has 0 saturated carbocycles. The molecule has 1 rings (SSSR count). The van der Waals surface area contributed by atoms with Gasteiger partial charge in [0.2, 0.25) is 5.91 Å². The third-order valence-corrected chi connectivity index (χ3v) is 2.36. The molecule has 0 heterocycles. The molecule has 0 unspecified atom stereocenters. The van der Waals surface area contributed by atoms with E-state index in [2.05, 4.69) is 21.2 Å². The lowest BCUT2D eigenvalue weighted by molar-refractivity contribution is -0.119. The zero-order chi connectivity index (χ0) is 12.3. The van der Waals surface area contributed by atoms with Crippen LogP contribution in [0.2, 0.25) is 0 Å². The number of hydrogen-bond acceptors (Lipinski definition) is 2. The Balaban J connectivity index is 2.84. The van der Waals surface area contributed by atoms with E-state index in [-0.39, 0.29) is 5.56 Å². The lowest BCUT2D eigenvalue weighted by Crippen LogP contribution is -2.42. The number of rotatable bonds is 3. The molecule has 0 bridgehead atoms. The van der Waals surface area contributed by atoms with Gasteiger partial charge >= 0.3 is 0 Å². The summed E-state index contributed by atoms with van der Waals surface area (Å²) >= 11 is 3.06. The van der Waals surface area contributed by atoms with Crippen molar-refractivity contribution < 1.29 is 14.0 Å². The van der Waals surface area contributed by atoms with E-state index in [0.29, 0.717) is 4.47 Å². The first kappa shape index (κ1) is 12.6. The maximum atomic E-state index is 13.0. The first-order valence-electron chi connectivity index (χ1n) is 4.46. The molecular weight excluding hydrogens is 279 g/mol. The quantitative estimate of drug-likeness (QED) is 0.877. The Labute approximate surface area is 100 Å². The summed E-state index contributed by atoms with van der Waals surface area (Å²) in [5.41, 5.74) is 5.11. The fraction of sp³-hybridized carbons (Fsp3) is 0.200. The summed E-state index contributed by atoms with van der Waals surface area (Å²) in [7, 11) is 0. The van der Waals surface area contributed by atoms with Gasteiger partial charge in [0.05, 0.1) is 0 Å². The third-order valence-electron chi connectivity index (χ3n) is 1.90. The highest BCUT2D eigenvalue weighted by Crippen LogP contribution is 2.14. The molecule has 1 atom stereocenters. The Hall–Kier alpha value is -1.43. The minimum atomic E-state index is -0.797. The largest absolute Gasteiger partial charge is 0.368 e. The van der Waals surface area contributed by atoms with Crippen molar-refractivity contribution in [1.82, 2.24) is 5.32 Å². The highest BCUT2D eigenvalue weighted by molar-refractivity contribution is 9.10. The van der Waals surface area contributed by atoms with Gasteiger partial charge in [-0.1, -0.05) is 15.9 Å². The molecule has 0 fully saturated rings. The van der Waals surface area contributed by atoms with Crippen LogP contribution in [0.1, 0.15) is 17.3 Å². The van der Waals surface area contributed by atoms with Crippen LogP contribution in [0, 0.1) is 5.82 Å². The van der Waals surface area contributed by atoms with E-state index >= 15 is 0 Å². The van der Waals surface area contributed by atoms with E-state index in [1.54, 1.807) is 0 Å². The number of nitrogens with one attached hydrogen (secondary N) is 1. The van der Waals surface area contributed by atoms with Crippen LogP contribution in [-0.4, -0.2) is 17.9 Å². The molecule has 0 radical (unpaired) electrons. The smallest absolute Gasteiger partial charge is 0.252 e. The second-order valence-electron chi connectivity index (χ2n) is 3.26. The van der Waals surface area contributed by atoms with Crippen LogP contribution in [0.25, 0.3) is 0 Å². The van der Waals surface area contributed by atoms with E-state index in [0.717, 1.165) is 6.07 Å². The van der Waals surface area contributed by atoms with Crippen molar-refractivity contribution in [2.75, 3.05) is 0 Å².